The molecule has 21 heavy (non-hydrogen) atoms. The third-order valence-corrected chi connectivity index (χ3v) is 5.52. The van der Waals surface area contributed by atoms with Gasteiger partial charge in [0, 0.05) is 24.2 Å². The van der Waals surface area contributed by atoms with Crippen molar-refractivity contribution in [2.45, 2.75) is 25.2 Å². The van der Waals surface area contributed by atoms with E-state index in [1.165, 1.54) is 6.07 Å². The molecule has 1 aromatic rings. The minimum Gasteiger partial charge on any atom is -0.478 e. The first kappa shape index (κ1) is 18.1. The van der Waals surface area contributed by atoms with Gasteiger partial charge < -0.3 is 9.84 Å². The lowest BCUT2D eigenvalue weighted by atomic mass is 10.1. The highest BCUT2D eigenvalue weighted by Crippen LogP contribution is 2.27. The summed E-state index contributed by atoms with van der Waals surface area (Å²) in [5, 5.41) is 9.02. The molecule has 6 nitrogen and oxygen atoms in total. The molecule has 0 atom stereocenters. The average Bonchev–Trinajstić information content (AvgIpc) is 2.40. The van der Waals surface area contributed by atoms with Crippen LogP contribution in [0, 0.1) is 6.92 Å². The maximum Gasteiger partial charge on any atom is 0.335 e. The summed E-state index contributed by atoms with van der Waals surface area (Å²) < 4.78 is 32.4. The number of halogens is 1. The highest BCUT2D eigenvalue weighted by Gasteiger charge is 2.21. The number of hydrogen-bond acceptors (Lipinski definition) is 4. The van der Waals surface area contributed by atoms with Crippen molar-refractivity contribution in [2.24, 2.45) is 0 Å². The van der Waals surface area contributed by atoms with Crippen molar-refractivity contribution in [1.29, 1.82) is 0 Å². The van der Waals surface area contributed by atoms with Crippen molar-refractivity contribution < 1.29 is 23.1 Å². The topological polar surface area (TPSA) is 92.7 Å². The molecule has 0 aromatic heterocycles. The number of carbonyl (C=O) groups is 1. The fourth-order valence-electron chi connectivity index (χ4n) is 1.66. The van der Waals surface area contributed by atoms with Gasteiger partial charge >= 0.3 is 5.97 Å². The molecule has 0 saturated heterocycles. The molecule has 0 heterocycles. The van der Waals surface area contributed by atoms with E-state index in [0.29, 0.717) is 29.7 Å². The van der Waals surface area contributed by atoms with Gasteiger partial charge in [-0.05, 0) is 53.9 Å². The van der Waals surface area contributed by atoms with Gasteiger partial charge in [-0.3, -0.25) is 0 Å². The van der Waals surface area contributed by atoms with Gasteiger partial charge in [-0.2, -0.15) is 0 Å². The lowest BCUT2D eigenvalue weighted by Gasteiger charge is -2.11. The van der Waals surface area contributed by atoms with Crippen LogP contribution in [0.3, 0.4) is 0 Å². The van der Waals surface area contributed by atoms with E-state index in [-0.39, 0.29) is 17.0 Å². The molecule has 0 aliphatic rings. The Morgan fingerprint density at radius 3 is 2.67 bits per heavy atom. The van der Waals surface area contributed by atoms with E-state index >= 15 is 0 Å². The second kappa shape index (κ2) is 7.88. The average molecular weight is 380 g/mol. The number of rotatable bonds is 8. The minimum absolute atomic E-state index is 0.0645. The van der Waals surface area contributed by atoms with E-state index in [1.54, 1.807) is 6.92 Å². The van der Waals surface area contributed by atoms with E-state index in [4.69, 9.17) is 9.84 Å². The van der Waals surface area contributed by atoms with E-state index < -0.39 is 16.0 Å². The van der Waals surface area contributed by atoms with Gasteiger partial charge in [0.1, 0.15) is 0 Å². The van der Waals surface area contributed by atoms with E-state index in [0.717, 1.165) is 6.07 Å². The molecule has 0 radical (unpaired) electrons. The number of benzene rings is 1. The summed E-state index contributed by atoms with van der Waals surface area (Å²) >= 11 is 3.20. The number of ether oxygens (including phenoxy) is 1. The first-order valence-corrected chi connectivity index (χ1v) is 8.68. The molecule has 0 aliphatic heterocycles. The zero-order chi connectivity index (χ0) is 16.0. The summed E-state index contributed by atoms with van der Waals surface area (Å²) in [6, 6.07) is 2.56. The minimum atomic E-state index is -3.77. The van der Waals surface area contributed by atoms with E-state index in [9.17, 15) is 13.2 Å². The molecule has 0 aliphatic carbocycles. The Bertz CT molecular complexity index is 615. The highest BCUT2D eigenvalue weighted by atomic mass is 79.9. The van der Waals surface area contributed by atoms with Gasteiger partial charge in [0.05, 0.1) is 10.5 Å². The second-order valence-corrected chi connectivity index (χ2v) is 6.89. The molecular weight excluding hydrogens is 362 g/mol. The maximum atomic E-state index is 12.2. The summed E-state index contributed by atoms with van der Waals surface area (Å²) in [5.74, 6) is -1.17. The molecule has 0 bridgehead atoms. The monoisotopic (exact) mass is 379 g/mol. The molecule has 8 heteroatoms. The van der Waals surface area contributed by atoms with Crippen LogP contribution in [-0.2, 0) is 14.8 Å². The number of aryl methyl sites for hydroxylation is 1. The summed E-state index contributed by atoms with van der Waals surface area (Å²) in [4.78, 5) is 11.0. The van der Waals surface area contributed by atoms with E-state index in [2.05, 4.69) is 20.7 Å². The smallest absolute Gasteiger partial charge is 0.335 e. The number of carboxylic acids is 1. The summed E-state index contributed by atoms with van der Waals surface area (Å²) in [6.07, 6.45) is 0.544. The van der Waals surface area contributed by atoms with Crippen LogP contribution in [0.5, 0.6) is 0 Å². The summed E-state index contributed by atoms with van der Waals surface area (Å²) in [5.41, 5.74) is 0.481. The van der Waals surface area contributed by atoms with Crippen molar-refractivity contribution in [3.8, 4) is 0 Å². The summed E-state index contributed by atoms with van der Waals surface area (Å²) in [6.45, 7) is 4.78. The van der Waals surface area contributed by atoms with Crippen LogP contribution in [0.25, 0.3) is 0 Å². The first-order chi connectivity index (χ1) is 9.79. The lowest BCUT2D eigenvalue weighted by Crippen LogP contribution is -2.26. The van der Waals surface area contributed by atoms with Crippen LogP contribution in [0.4, 0.5) is 0 Å². The zero-order valence-electron chi connectivity index (χ0n) is 11.8. The van der Waals surface area contributed by atoms with Crippen LogP contribution in [-0.4, -0.2) is 39.3 Å². The third-order valence-electron chi connectivity index (χ3n) is 2.72. The standard InChI is InChI=1S/C13H18BrNO5S/c1-3-20-6-4-5-15-21(18,19)11-8-10(13(16)17)7-9(2)12(11)14/h7-8,15H,3-6H2,1-2H3,(H,16,17). The van der Waals surface area contributed by atoms with Crippen LogP contribution < -0.4 is 4.72 Å². The number of sulfonamides is 1. The highest BCUT2D eigenvalue weighted by molar-refractivity contribution is 9.10. The fraction of sp³-hybridized carbons (Fsp3) is 0.462. The summed E-state index contributed by atoms with van der Waals surface area (Å²) in [7, 11) is -3.77. The van der Waals surface area contributed by atoms with Crippen LogP contribution in [0.2, 0.25) is 0 Å². The van der Waals surface area contributed by atoms with Gasteiger partial charge in [-0.25, -0.2) is 17.9 Å². The largest absolute Gasteiger partial charge is 0.478 e. The Kier molecular flexibility index (Phi) is 6.79. The number of hydrogen-bond donors (Lipinski definition) is 2. The molecule has 0 unspecified atom stereocenters. The molecule has 2 N–H and O–H groups in total. The van der Waals surface area contributed by atoms with Gasteiger partial charge in [0.2, 0.25) is 10.0 Å². The molecule has 0 spiro atoms. The predicted octanol–water partition coefficient (Wildman–Crippen LogP) is 2.16. The number of nitrogens with one attached hydrogen (secondary N) is 1. The fourth-order valence-corrected chi connectivity index (χ4v) is 3.77. The normalized spacial score (nSPS) is 11.6. The maximum absolute atomic E-state index is 12.2. The zero-order valence-corrected chi connectivity index (χ0v) is 14.3. The lowest BCUT2D eigenvalue weighted by molar-refractivity contribution is 0.0696. The Labute approximate surface area is 132 Å². The van der Waals surface area contributed by atoms with Crippen molar-refractivity contribution in [2.75, 3.05) is 19.8 Å². The van der Waals surface area contributed by atoms with Crippen molar-refractivity contribution >= 4 is 31.9 Å². The third kappa shape index (κ3) is 5.06. The van der Waals surface area contributed by atoms with Crippen LogP contribution >= 0.6 is 15.9 Å². The van der Waals surface area contributed by atoms with E-state index in [1.807, 2.05) is 6.92 Å². The predicted molar refractivity (Wildman–Crippen MR) is 82.1 cm³/mol. The van der Waals surface area contributed by atoms with Crippen molar-refractivity contribution in [3.63, 3.8) is 0 Å². The van der Waals surface area contributed by atoms with Crippen LogP contribution in [0.15, 0.2) is 21.5 Å². The van der Waals surface area contributed by atoms with Gasteiger partial charge in [0.25, 0.3) is 0 Å². The molecule has 0 amide bonds. The Morgan fingerprint density at radius 2 is 2.10 bits per heavy atom. The van der Waals surface area contributed by atoms with Gasteiger partial charge in [-0.1, -0.05) is 0 Å². The SMILES string of the molecule is CCOCCCNS(=O)(=O)c1cc(C(=O)O)cc(C)c1Br. The van der Waals surface area contributed by atoms with Crippen molar-refractivity contribution in [3.05, 3.63) is 27.7 Å². The Hall–Kier alpha value is -0.960. The Morgan fingerprint density at radius 1 is 1.43 bits per heavy atom. The molecule has 1 aromatic carbocycles. The second-order valence-electron chi connectivity index (χ2n) is 4.36. The molecule has 0 saturated carbocycles. The van der Waals surface area contributed by atoms with Crippen molar-refractivity contribution in [1.82, 2.24) is 4.72 Å². The van der Waals surface area contributed by atoms with Gasteiger partial charge in [-0.15, -0.1) is 0 Å². The first-order valence-electron chi connectivity index (χ1n) is 6.40. The molecule has 0 fully saturated rings. The quantitative estimate of drug-likeness (QED) is 0.675. The number of aromatic carboxylic acids is 1. The van der Waals surface area contributed by atoms with Gasteiger partial charge in [0.15, 0.2) is 0 Å². The molecule has 1 rings (SSSR count). The molecule has 118 valence electrons. The van der Waals surface area contributed by atoms with Crippen LogP contribution in [0.1, 0.15) is 29.3 Å². The Balaban J connectivity index is 2.94. The molecular formula is C13H18BrNO5S. The number of carboxylic acid groups (broad SMARTS) is 1.